The Kier molecular flexibility index (Phi) is 6.65. The van der Waals surface area contributed by atoms with Crippen LogP contribution in [0.2, 0.25) is 0 Å². The van der Waals surface area contributed by atoms with Gasteiger partial charge in [-0.25, -0.2) is 4.68 Å². The molecule has 0 saturated carbocycles. The highest BCUT2D eigenvalue weighted by Gasteiger charge is 2.30. The molecule has 0 aliphatic carbocycles. The molecule has 3 aromatic carbocycles. The Bertz CT molecular complexity index is 1190. The Labute approximate surface area is 194 Å². The van der Waals surface area contributed by atoms with Crippen molar-refractivity contribution in [2.24, 2.45) is 0 Å². The zero-order valence-corrected chi connectivity index (χ0v) is 19.0. The van der Waals surface area contributed by atoms with Crippen LogP contribution >= 0.6 is 0 Å². The van der Waals surface area contributed by atoms with Gasteiger partial charge in [-0.15, -0.1) is 5.10 Å². The zero-order chi connectivity index (χ0) is 22.5. The maximum absolute atomic E-state index is 6.45. The van der Waals surface area contributed by atoms with Crippen LogP contribution in [0.15, 0.2) is 72.9 Å². The van der Waals surface area contributed by atoms with Crippen molar-refractivity contribution < 1.29 is 9.47 Å². The fourth-order valence-electron chi connectivity index (χ4n) is 4.63. The first-order valence-electron chi connectivity index (χ1n) is 11.6. The molecule has 1 aliphatic heterocycles. The van der Waals surface area contributed by atoms with E-state index in [1.807, 2.05) is 23.0 Å². The fourth-order valence-corrected chi connectivity index (χ4v) is 4.63. The Morgan fingerprint density at radius 3 is 2.67 bits per heavy atom. The number of fused-ring (bicyclic) bond motifs is 1. The summed E-state index contributed by atoms with van der Waals surface area (Å²) in [5, 5.41) is 14.6. The van der Waals surface area contributed by atoms with Gasteiger partial charge in [0, 0.05) is 19.0 Å². The number of nitrogens with one attached hydrogen (secondary N) is 1. The topological polar surface area (TPSA) is 61.2 Å². The first kappa shape index (κ1) is 21.6. The van der Waals surface area contributed by atoms with E-state index in [-0.39, 0.29) is 12.0 Å². The molecule has 1 aliphatic rings. The van der Waals surface area contributed by atoms with E-state index in [2.05, 4.69) is 70.2 Å². The van der Waals surface area contributed by atoms with Crippen molar-refractivity contribution in [1.82, 2.24) is 20.3 Å². The largest absolute Gasteiger partial charge is 0.497 e. The van der Waals surface area contributed by atoms with E-state index in [9.17, 15) is 0 Å². The van der Waals surface area contributed by atoms with Gasteiger partial charge in [-0.05, 0) is 59.5 Å². The standard InChI is InChI=1S/C27H30N4O2/c1-32-24-10-7-20(8-11-24)13-15-31-26(17-29-30-31)25-12-14-28-18-27(25)33-19-21-6-9-22-4-2-3-5-23(22)16-21/h2-11,16-17,25,27-28H,12-15,18-19H2,1H3. The van der Waals surface area contributed by atoms with Gasteiger partial charge in [0.25, 0.3) is 0 Å². The Hall–Kier alpha value is -3.22. The third kappa shape index (κ3) is 5.07. The maximum atomic E-state index is 6.45. The average molecular weight is 443 g/mol. The van der Waals surface area contributed by atoms with Crippen LogP contribution in [0.4, 0.5) is 0 Å². The van der Waals surface area contributed by atoms with E-state index in [0.29, 0.717) is 6.61 Å². The van der Waals surface area contributed by atoms with E-state index in [1.165, 1.54) is 21.9 Å². The van der Waals surface area contributed by atoms with E-state index >= 15 is 0 Å². The summed E-state index contributed by atoms with van der Waals surface area (Å²) in [6.45, 7) is 3.20. The maximum Gasteiger partial charge on any atom is 0.118 e. The van der Waals surface area contributed by atoms with Gasteiger partial charge in [-0.2, -0.15) is 0 Å². The molecular weight excluding hydrogens is 412 g/mol. The van der Waals surface area contributed by atoms with Crippen LogP contribution < -0.4 is 10.1 Å². The first-order valence-corrected chi connectivity index (χ1v) is 11.6. The van der Waals surface area contributed by atoms with Crippen molar-refractivity contribution in [3.05, 3.63) is 89.7 Å². The van der Waals surface area contributed by atoms with Crippen LogP contribution in [0.3, 0.4) is 0 Å². The predicted octanol–water partition coefficient (Wildman–Crippen LogP) is 4.34. The molecule has 6 nitrogen and oxygen atoms in total. The highest BCUT2D eigenvalue weighted by molar-refractivity contribution is 5.82. The third-order valence-corrected chi connectivity index (χ3v) is 6.50. The Balaban J connectivity index is 1.26. The molecule has 2 unspecified atom stereocenters. The van der Waals surface area contributed by atoms with Crippen LogP contribution in [0, 0.1) is 0 Å². The molecule has 0 bridgehead atoms. The summed E-state index contributed by atoms with van der Waals surface area (Å²) in [5.74, 6) is 1.15. The molecule has 1 fully saturated rings. The molecule has 1 aromatic heterocycles. The minimum atomic E-state index is 0.0865. The minimum absolute atomic E-state index is 0.0865. The summed E-state index contributed by atoms with van der Waals surface area (Å²) < 4.78 is 13.8. The van der Waals surface area contributed by atoms with E-state index in [0.717, 1.165) is 43.9 Å². The van der Waals surface area contributed by atoms with E-state index in [4.69, 9.17) is 9.47 Å². The number of methoxy groups -OCH3 is 1. The summed E-state index contributed by atoms with van der Waals surface area (Å²) in [6.07, 6.45) is 3.91. The van der Waals surface area contributed by atoms with Gasteiger partial charge in [0.05, 0.1) is 31.7 Å². The second-order valence-corrected chi connectivity index (χ2v) is 8.61. The lowest BCUT2D eigenvalue weighted by Crippen LogP contribution is -2.41. The molecular formula is C27H30N4O2. The van der Waals surface area contributed by atoms with Gasteiger partial charge in [-0.1, -0.05) is 53.7 Å². The SMILES string of the molecule is COc1ccc(CCn2nncc2C2CCNCC2OCc2ccc3ccccc3c2)cc1. The number of benzene rings is 3. The van der Waals surface area contributed by atoms with E-state index < -0.39 is 0 Å². The molecule has 1 saturated heterocycles. The lowest BCUT2D eigenvalue weighted by atomic mass is 9.91. The van der Waals surface area contributed by atoms with Crippen LogP contribution in [0.1, 0.15) is 29.2 Å². The molecule has 1 N–H and O–H groups in total. The molecule has 5 rings (SSSR count). The van der Waals surface area contributed by atoms with Crippen LogP contribution in [-0.4, -0.2) is 41.3 Å². The van der Waals surface area contributed by atoms with Gasteiger partial charge < -0.3 is 14.8 Å². The smallest absolute Gasteiger partial charge is 0.118 e. The highest BCUT2D eigenvalue weighted by Crippen LogP contribution is 2.28. The van der Waals surface area contributed by atoms with Gasteiger partial charge in [0.1, 0.15) is 5.75 Å². The van der Waals surface area contributed by atoms with Gasteiger partial charge in [-0.3, -0.25) is 0 Å². The number of rotatable bonds is 8. The van der Waals surface area contributed by atoms with Crippen molar-refractivity contribution in [2.75, 3.05) is 20.2 Å². The van der Waals surface area contributed by atoms with Crippen LogP contribution in [-0.2, 0) is 24.3 Å². The van der Waals surface area contributed by atoms with Gasteiger partial charge in [0.2, 0.25) is 0 Å². The van der Waals surface area contributed by atoms with Crippen molar-refractivity contribution in [2.45, 2.75) is 38.0 Å². The van der Waals surface area contributed by atoms with Crippen LogP contribution in [0.5, 0.6) is 5.75 Å². The summed E-state index contributed by atoms with van der Waals surface area (Å²) in [7, 11) is 1.69. The molecule has 4 aromatic rings. The first-order chi connectivity index (χ1) is 16.3. The lowest BCUT2D eigenvalue weighted by molar-refractivity contribution is 0.00868. The molecule has 6 heteroatoms. The second kappa shape index (κ2) is 10.1. The summed E-state index contributed by atoms with van der Waals surface area (Å²) in [6, 6.07) is 23.2. The summed E-state index contributed by atoms with van der Waals surface area (Å²) >= 11 is 0. The van der Waals surface area contributed by atoms with Crippen molar-refractivity contribution >= 4 is 10.8 Å². The lowest BCUT2D eigenvalue weighted by Gasteiger charge is -2.32. The quantitative estimate of drug-likeness (QED) is 0.440. The van der Waals surface area contributed by atoms with Crippen molar-refractivity contribution in [1.29, 1.82) is 0 Å². The molecule has 2 atom stereocenters. The molecule has 0 spiro atoms. The number of nitrogens with zero attached hydrogens (tertiary/aromatic N) is 3. The van der Waals surface area contributed by atoms with Gasteiger partial charge in [0.15, 0.2) is 0 Å². The van der Waals surface area contributed by atoms with Gasteiger partial charge >= 0.3 is 0 Å². The predicted molar refractivity (Wildman–Crippen MR) is 129 cm³/mol. The third-order valence-electron chi connectivity index (χ3n) is 6.50. The summed E-state index contributed by atoms with van der Waals surface area (Å²) in [5.41, 5.74) is 3.62. The van der Waals surface area contributed by atoms with Crippen molar-refractivity contribution in [3.63, 3.8) is 0 Å². The van der Waals surface area contributed by atoms with Crippen molar-refractivity contribution in [3.8, 4) is 5.75 Å². The number of hydrogen-bond acceptors (Lipinski definition) is 5. The normalized spacial score (nSPS) is 18.5. The minimum Gasteiger partial charge on any atom is -0.497 e. The number of aromatic nitrogens is 3. The molecule has 2 heterocycles. The molecule has 0 radical (unpaired) electrons. The van der Waals surface area contributed by atoms with Crippen LogP contribution in [0.25, 0.3) is 10.8 Å². The monoisotopic (exact) mass is 442 g/mol. The van der Waals surface area contributed by atoms with E-state index in [1.54, 1.807) is 7.11 Å². The number of ether oxygens (including phenoxy) is 2. The zero-order valence-electron chi connectivity index (χ0n) is 19.0. The Morgan fingerprint density at radius 2 is 1.82 bits per heavy atom. The Morgan fingerprint density at radius 1 is 1.00 bits per heavy atom. The number of piperidine rings is 1. The highest BCUT2D eigenvalue weighted by atomic mass is 16.5. The molecule has 33 heavy (non-hydrogen) atoms. The number of hydrogen-bond donors (Lipinski definition) is 1. The second-order valence-electron chi connectivity index (χ2n) is 8.61. The number of aryl methyl sites for hydroxylation is 2. The average Bonchev–Trinajstić information content (AvgIpc) is 3.35. The molecule has 170 valence electrons. The summed E-state index contributed by atoms with van der Waals surface area (Å²) in [4.78, 5) is 0. The fraction of sp³-hybridized carbons (Fsp3) is 0.333. The molecule has 0 amide bonds.